The zero-order valence-corrected chi connectivity index (χ0v) is 9.87. The molecular formula is C10H16N6O2. The molecule has 0 saturated carbocycles. The summed E-state index contributed by atoms with van der Waals surface area (Å²) >= 11 is 0. The molecular weight excluding hydrogens is 236 g/mol. The molecule has 1 fully saturated rings. The number of hydrogen-bond acceptors (Lipinski definition) is 7. The first-order valence-electron chi connectivity index (χ1n) is 5.59. The van der Waals surface area contributed by atoms with Crippen LogP contribution >= 0.6 is 0 Å². The highest BCUT2D eigenvalue weighted by Crippen LogP contribution is 2.11. The molecule has 0 spiro atoms. The Morgan fingerprint density at radius 3 is 3.00 bits per heavy atom. The molecule has 1 amide bonds. The summed E-state index contributed by atoms with van der Waals surface area (Å²) in [4.78, 5) is 21.5. The normalized spacial score (nSPS) is 20.6. The average Bonchev–Trinajstić information content (AvgIpc) is 2.40. The minimum atomic E-state index is -0.409. The summed E-state index contributed by atoms with van der Waals surface area (Å²) < 4.78 is 5.24. The molecule has 0 bridgehead atoms. The fraction of sp³-hybridized carbons (Fsp3) is 0.500. The first-order valence-corrected chi connectivity index (χ1v) is 5.59. The van der Waals surface area contributed by atoms with Crippen LogP contribution < -0.4 is 17.0 Å². The second kappa shape index (κ2) is 5.71. The third-order valence-electron chi connectivity index (χ3n) is 2.79. The molecule has 1 aromatic rings. The number of morpholine rings is 1. The predicted octanol–water partition coefficient (Wildman–Crippen LogP) is -1.55. The molecule has 8 nitrogen and oxygen atoms in total. The van der Waals surface area contributed by atoms with Gasteiger partial charge in [-0.05, 0) is 0 Å². The van der Waals surface area contributed by atoms with E-state index in [2.05, 4.69) is 15.4 Å². The van der Waals surface area contributed by atoms with Crippen LogP contribution in [0, 0.1) is 0 Å². The summed E-state index contributed by atoms with van der Waals surface area (Å²) in [6.07, 6.45) is 3.15. The molecule has 2 heterocycles. The second-order valence-corrected chi connectivity index (χ2v) is 4.00. The van der Waals surface area contributed by atoms with E-state index in [1.54, 1.807) is 6.20 Å². The summed E-state index contributed by atoms with van der Waals surface area (Å²) in [6, 6.07) is -0.409. The number of nitrogen functional groups attached to an aromatic ring is 1. The molecule has 18 heavy (non-hydrogen) atoms. The van der Waals surface area contributed by atoms with Crippen molar-refractivity contribution in [2.24, 2.45) is 11.6 Å². The van der Waals surface area contributed by atoms with E-state index in [-0.39, 0.29) is 5.91 Å². The van der Waals surface area contributed by atoms with E-state index in [1.165, 1.54) is 6.20 Å². The number of hydrogen-bond donors (Lipinski definition) is 3. The van der Waals surface area contributed by atoms with Crippen LogP contribution in [0.2, 0.25) is 0 Å². The van der Waals surface area contributed by atoms with Crippen LogP contribution in [-0.2, 0) is 16.1 Å². The molecule has 1 saturated heterocycles. The van der Waals surface area contributed by atoms with Crippen LogP contribution in [0.15, 0.2) is 12.4 Å². The van der Waals surface area contributed by atoms with Gasteiger partial charge in [0.15, 0.2) is 5.82 Å². The van der Waals surface area contributed by atoms with Gasteiger partial charge in [0.25, 0.3) is 0 Å². The molecule has 1 unspecified atom stereocenters. The number of nitrogens with one attached hydrogen (secondary N) is 1. The number of rotatable bonds is 4. The van der Waals surface area contributed by atoms with Crippen LogP contribution in [0.4, 0.5) is 5.82 Å². The lowest BCUT2D eigenvalue weighted by Crippen LogP contribution is -2.51. The van der Waals surface area contributed by atoms with E-state index in [0.29, 0.717) is 32.1 Å². The van der Waals surface area contributed by atoms with Gasteiger partial charge in [-0.1, -0.05) is 0 Å². The monoisotopic (exact) mass is 252 g/mol. The largest absolute Gasteiger partial charge is 0.378 e. The number of primary amides is 1. The van der Waals surface area contributed by atoms with Gasteiger partial charge < -0.3 is 15.9 Å². The van der Waals surface area contributed by atoms with E-state index in [9.17, 15) is 4.79 Å². The van der Waals surface area contributed by atoms with Crippen molar-refractivity contribution < 1.29 is 9.53 Å². The Morgan fingerprint density at radius 1 is 1.56 bits per heavy atom. The van der Waals surface area contributed by atoms with Gasteiger partial charge in [-0.2, -0.15) is 0 Å². The van der Waals surface area contributed by atoms with Crippen molar-refractivity contribution in [3.8, 4) is 0 Å². The number of anilines is 1. The van der Waals surface area contributed by atoms with Gasteiger partial charge in [-0.15, -0.1) is 0 Å². The Morgan fingerprint density at radius 2 is 2.39 bits per heavy atom. The molecule has 0 radical (unpaired) electrons. The van der Waals surface area contributed by atoms with E-state index >= 15 is 0 Å². The lowest BCUT2D eigenvalue weighted by molar-refractivity contribution is -0.129. The quantitative estimate of drug-likeness (QED) is 0.438. The number of nitrogens with two attached hydrogens (primary N) is 2. The van der Waals surface area contributed by atoms with Gasteiger partial charge in [-0.25, -0.2) is 10.8 Å². The number of carbonyl (C=O) groups excluding carboxylic acids is 1. The minimum absolute atomic E-state index is 0.325. The first kappa shape index (κ1) is 12.7. The van der Waals surface area contributed by atoms with Gasteiger partial charge in [0.05, 0.1) is 31.3 Å². The highest BCUT2D eigenvalue weighted by Gasteiger charge is 2.27. The lowest BCUT2D eigenvalue weighted by Gasteiger charge is -2.32. The second-order valence-electron chi connectivity index (χ2n) is 4.00. The number of amides is 1. The van der Waals surface area contributed by atoms with E-state index in [4.69, 9.17) is 16.3 Å². The maximum Gasteiger partial charge on any atom is 0.237 e. The zero-order valence-electron chi connectivity index (χ0n) is 9.87. The molecule has 0 aromatic carbocycles. The lowest BCUT2D eigenvalue weighted by atomic mass is 10.2. The van der Waals surface area contributed by atoms with Crippen LogP contribution in [0.1, 0.15) is 5.69 Å². The Kier molecular flexibility index (Phi) is 4.03. The van der Waals surface area contributed by atoms with Crippen molar-refractivity contribution in [1.29, 1.82) is 0 Å². The van der Waals surface area contributed by atoms with Gasteiger partial charge in [-0.3, -0.25) is 14.7 Å². The van der Waals surface area contributed by atoms with Crippen molar-refractivity contribution in [3.05, 3.63) is 18.1 Å². The van der Waals surface area contributed by atoms with Crippen LogP contribution in [0.25, 0.3) is 0 Å². The summed E-state index contributed by atoms with van der Waals surface area (Å²) in [5.41, 5.74) is 8.49. The molecule has 1 aliphatic rings. The summed E-state index contributed by atoms with van der Waals surface area (Å²) in [5, 5.41) is 0. The van der Waals surface area contributed by atoms with Gasteiger partial charge in [0.2, 0.25) is 5.91 Å². The van der Waals surface area contributed by atoms with Crippen molar-refractivity contribution >= 4 is 11.7 Å². The maximum absolute atomic E-state index is 11.3. The third kappa shape index (κ3) is 2.92. The highest BCUT2D eigenvalue weighted by atomic mass is 16.5. The third-order valence-corrected chi connectivity index (χ3v) is 2.79. The molecule has 1 aromatic heterocycles. The molecule has 5 N–H and O–H groups in total. The van der Waals surface area contributed by atoms with Crippen molar-refractivity contribution in [2.45, 2.75) is 12.6 Å². The number of carbonyl (C=O) groups is 1. The number of nitrogens with zero attached hydrogens (tertiary/aromatic N) is 3. The number of hydrazine groups is 1. The predicted molar refractivity (Wildman–Crippen MR) is 64.1 cm³/mol. The SMILES string of the molecule is NNc1cnc(CN2CCOCC2C(N)=O)cn1. The van der Waals surface area contributed by atoms with Gasteiger partial charge >= 0.3 is 0 Å². The topological polar surface area (TPSA) is 119 Å². The van der Waals surface area contributed by atoms with Crippen molar-refractivity contribution in [1.82, 2.24) is 14.9 Å². The van der Waals surface area contributed by atoms with Crippen molar-refractivity contribution in [3.63, 3.8) is 0 Å². The molecule has 0 aliphatic carbocycles. The zero-order chi connectivity index (χ0) is 13.0. The Balaban J connectivity index is 2.03. The summed E-state index contributed by atoms with van der Waals surface area (Å²) in [7, 11) is 0. The highest BCUT2D eigenvalue weighted by molar-refractivity contribution is 5.80. The van der Waals surface area contributed by atoms with Crippen LogP contribution in [0.5, 0.6) is 0 Å². The van der Waals surface area contributed by atoms with E-state index in [0.717, 1.165) is 5.69 Å². The summed E-state index contributed by atoms with van der Waals surface area (Å²) in [6.45, 7) is 2.06. The molecule has 1 aliphatic heterocycles. The maximum atomic E-state index is 11.3. The van der Waals surface area contributed by atoms with Gasteiger partial charge in [0, 0.05) is 13.1 Å². The number of ether oxygens (including phenoxy) is 1. The molecule has 8 heteroatoms. The van der Waals surface area contributed by atoms with E-state index < -0.39 is 6.04 Å². The van der Waals surface area contributed by atoms with Crippen molar-refractivity contribution in [2.75, 3.05) is 25.2 Å². The average molecular weight is 252 g/mol. The fourth-order valence-electron chi connectivity index (χ4n) is 1.81. The Bertz CT molecular complexity index is 409. The molecule has 2 rings (SSSR count). The number of aromatic nitrogens is 2. The summed E-state index contributed by atoms with van der Waals surface area (Å²) in [5.74, 6) is 5.31. The molecule has 98 valence electrons. The first-order chi connectivity index (χ1) is 8.70. The standard InChI is InChI=1S/C10H16N6O2/c11-10(17)8-6-18-2-1-16(8)5-7-3-14-9(15-12)4-13-7/h3-4,8H,1-2,5-6,12H2,(H2,11,17)(H,14,15). The van der Waals surface area contributed by atoms with Crippen LogP contribution in [-0.4, -0.2) is 46.6 Å². The van der Waals surface area contributed by atoms with E-state index in [1.807, 2.05) is 4.90 Å². The Hall–Kier alpha value is -1.77. The fourth-order valence-corrected chi connectivity index (χ4v) is 1.81. The molecule has 1 atom stereocenters. The minimum Gasteiger partial charge on any atom is -0.378 e. The smallest absolute Gasteiger partial charge is 0.237 e. The van der Waals surface area contributed by atoms with Gasteiger partial charge in [0.1, 0.15) is 6.04 Å². The Labute approximate surface area is 104 Å². The van der Waals surface area contributed by atoms with Crippen LogP contribution in [0.3, 0.4) is 0 Å².